The summed E-state index contributed by atoms with van der Waals surface area (Å²) in [5.74, 6) is 2.97. The van der Waals surface area contributed by atoms with Crippen LogP contribution < -0.4 is 0 Å². The van der Waals surface area contributed by atoms with Crippen LogP contribution in [0.5, 0.6) is 0 Å². The first kappa shape index (κ1) is 23.7. The molecule has 0 nitrogen and oxygen atoms in total. The van der Waals surface area contributed by atoms with Gasteiger partial charge in [-0.15, -0.1) is 6.58 Å². The predicted octanol–water partition coefficient (Wildman–Crippen LogP) is 8.61. The van der Waals surface area contributed by atoms with E-state index in [2.05, 4.69) is 55.0 Å². The summed E-state index contributed by atoms with van der Waals surface area (Å²) >= 11 is 0. The Morgan fingerprint density at radius 3 is 2.27 bits per heavy atom. The Morgan fingerprint density at radius 2 is 1.81 bits per heavy atom. The van der Waals surface area contributed by atoms with E-state index in [1.165, 1.54) is 31.3 Å². The van der Waals surface area contributed by atoms with E-state index in [-0.39, 0.29) is 0 Å². The Morgan fingerprint density at radius 1 is 1.23 bits per heavy atom. The lowest BCUT2D eigenvalue weighted by atomic mass is 9.54. The summed E-state index contributed by atoms with van der Waals surface area (Å²) in [5, 5.41) is 0. The normalized spacial score (nSPS) is 31.7. The van der Waals surface area contributed by atoms with Crippen LogP contribution in [0.4, 0.5) is 4.39 Å². The molecular formula is C25H47F. The minimum atomic E-state index is -1.04. The van der Waals surface area contributed by atoms with Gasteiger partial charge in [-0.3, -0.25) is 0 Å². The number of halogens is 1. The molecule has 0 aromatic rings. The molecule has 1 heteroatoms. The molecule has 0 aliphatic heterocycles. The van der Waals surface area contributed by atoms with Crippen molar-refractivity contribution in [3.05, 3.63) is 12.2 Å². The first-order valence-corrected chi connectivity index (χ1v) is 11.0. The maximum atomic E-state index is 14.0. The highest BCUT2D eigenvalue weighted by molar-refractivity contribution is 4.99. The molecule has 5 unspecified atom stereocenters. The first-order chi connectivity index (χ1) is 11.6. The van der Waals surface area contributed by atoms with Gasteiger partial charge in [-0.1, -0.05) is 47.1 Å². The van der Waals surface area contributed by atoms with Crippen LogP contribution in [-0.2, 0) is 0 Å². The first-order valence-electron chi connectivity index (χ1n) is 11.0. The van der Waals surface area contributed by atoms with Crippen molar-refractivity contribution in [2.24, 2.45) is 34.5 Å². The third-order valence-electron chi connectivity index (χ3n) is 7.28. The summed E-state index contributed by atoms with van der Waals surface area (Å²) in [6.45, 7) is 24.3. The second-order valence-corrected chi connectivity index (χ2v) is 11.8. The average Bonchev–Trinajstić information content (AvgIpc) is 2.39. The van der Waals surface area contributed by atoms with E-state index in [0.717, 1.165) is 30.6 Å². The summed E-state index contributed by atoms with van der Waals surface area (Å²) < 4.78 is 14.0. The molecule has 1 saturated carbocycles. The van der Waals surface area contributed by atoms with Crippen molar-refractivity contribution in [3.8, 4) is 0 Å². The van der Waals surface area contributed by atoms with Gasteiger partial charge in [0.1, 0.15) is 5.67 Å². The predicted molar refractivity (Wildman–Crippen MR) is 115 cm³/mol. The maximum absolute atomic E-state index is 14.0. The number of rotatable bonds is 8. The number of alkyl halides is 1. The Bertz CT molecular complexity index is 450. The summed E-state index contributed by atoms with van der Waals surface area (Å²) in [7, 11) is 0. The minimum absolute atomic E-state index is 0.336. The molecule has 1 rings (SSSR count). The van der Waals surface area contributed by atoms with Crippen LogP contribution in [0.3, 0.4) is 0 Å². The van der Waals surface area contributed by atoms with Gasteiger partial charge in [-0.05, 0) is 100 Å². The Labute approximate surface area is 164 Å². The molecule has 26 heavy (non-hydrogen) atoms. The molecule has 1 aliphatic carbocycles. The number of allylic oxidation sites excluding steroid dienone is 1. The highest BCUT2D eigenvalue weighted by Crippen LogP contribution is 2.54. The second kappa shape index (κ2) is 8.78. The maximum Gasteiger partial charge on any atom is 0.105 e. The Balaban J connectivity index is 2.96. The lowest BCUT2D eigenvalue weighted by Crippen LogP contribution is -2.42. The number of hydrogen-bond acceptors (Lipinski definition) is 0. The van der Waals surface area contributed by atoms with E-state index in [4.69, 9.17) is 0 Å². The third kappa shape index (κ3) is 7.35. The molecule has 0 spiro atoms. The monoisotopic (exact) mass is 366 g/mol. The zero-order valence-electron chi connectivity index (χ0n) is 19.3. The highest BCUT2D eigenvalue weighted by Gasteiger charge is 2.44. The summed E-state index contributed by atoms with van der Waals surface area (Å²) in [4.78, 5) is 0. The van der Waals surface area contributed by atoms with Gasteiger partial charge in [-0.2, -0.15) is 0 Å². The van der Waals surface area contributed by atoms with Crippen LogP contribution in [0.1, 0.15) is 107 Å². The van der Waals surface area contributed by atoms with Gasteiger partial charge in [0.05, 0.1) is 0 Å². The van der Waals surface area contributed by atoms with Crippen molar-refractivity contribution in [1.82, 2.24) is 0 Å². The van der Waals surface area contributed by atoms with Gasteiger partial charge < -0.3 is 0 Å². The zero-order chi connectivity index (χ0) is 20.3. The van der Waals surface area contributed by atoms with E-state index in [0.29, 0.717) is 23.2 Å². The Kier molecular flexibility index (Phi) is 8.01. The molecule has 0 aromatic carbocycles. The van der Waals surface area contributed by atoms with Gasteiger partial charge in [0, 0.05) is 0 Å². The SMILES string of the molecule is C=C(C)CC1CC(C)C(CC(C)C(C)(C)C)C(C)(CCCC(C)(C)F)C1. The Hall–Kier alpha value is -0.330. The number of hydrogen-bond donors (Lipinski definition) is 0. The smallest absolute Gasteiger partial charge is 0.105 e. The second-order valence-electron chi connectivity index (χ2n) is 11.8. The van der Waals surface area contributed by atoms with Gasteiger partial charge >= 0.3 is 0 Å². The van der Waals surface area contributed by atoms with Gasteiger partial charge in [0.25, 0.3) is 0 Å². The van der Waals surface area contributed by atoms with Crippen molar-refractivity contribution >= 4 is 0 Å². The van der Waals surface area contributed by atoms with Crippen LogP contribution in [0.15, 0.2) is 12.2 Å². The molecule has 0 radical (unpaired) electrons. The molecule has 154 valence electrons. The molecule has 0 saturated heterocycles. The summed E-state index contributed by atoms with van der Waals surface area (Å²) in [6.07, 6.45) is 7.95. The van der Waals surface area contributed by atoms with E-state index in [1.54, 1.807) is 13.8 Å². The van der Waals surface area contributed by atoms with Gasteiger partial charge in [0.2, 0.25) is 0 Å². The fourth-order valence-corrected chi connectivity index (χ4v) is 5.37. The highest BCUT2D eigenvalue weighted by atomic mass is 19.1. The van der Waals surface area contributed by atoms with E-state index in [1.807, 2.05) is 0 Å². The minimum Gasteiger partial charge on any atom is -0.245 e. The largest absolute Gasteiger partial charge is 0.245 e. The molecule has 0 amide bonds. The fourth-order valence-electron chi connectivity index (χ4n) is 5.37. The lowest BCUT2D eigenvalue weighted by Gasteiger charge is -2.51. The van der Waals surface area contributed by atoms with Crippen LogP contribution in [-0.4, -0.2) is 5.67 Å². The van der Waals surface area contributed by atoms with Crippen LogP contribution >= 0.6 is 0 Å². The summed E-state index contributed by atoms with van der Waals surface area (Å²) in [6, 6.07) is 0. The molecule has 1 fully saturated rings. The molecule has 0 N–H and O–H groups in total. The van der Waals surface area contributed by atoms with Crippen molar-refractivity contribution < 1.29 is 4.39 Å². The third-order valence-corrected chi connectivity index (χ3v) is 7.28. The van der Waals surface area contributed by atoms with Crippen LogP contribution in [0.25, 0.3) is 0 Å². The average molecular weight is 367 g/mol. The van der Waals surface area contributed by atoms with Gasteiger partial charge in [-0.25, -0.2) is 4.39 Å². The van der Waals surface area contributed by atoms with Crippen molar-refractivity contribution in [3.63, 3.8) is 0 Å². The quantitative estimate of drug-likeness (QED) is 0.377. The molecule has 0 aromatic heterocycles. The topological polar surface area (TPSA) is 0 Å². The van der Waals surface area contributed by atoms with Gasteiger partial charge in [0.15, 0.2) is 0 Å². The molecule has 0 bridgehead atoms. The van der Waals surface area contributed by atoms with E-state index >= 15 is 0 Å². The molecular weight excluding hydrogens is 319 g/mol. The van der Waals surface area contributed by atoms with Crippen molar-refractivity contribution in [1.29, 1.82) is 0 Å². The van der Waals surface area contributed by atoms with Crippen LogP contribution in [0, 0.1) is 34.5 Å². The standard InChI is InChI=1S/C25H47F/c1-18(2)14-21-15-19(3)22(16-20(4)23(5,6)7)25(10,17-21)13-11-12-24(8,9)26/h19-22H,1,11-17H2,2-10H3. The molecule has 0 heterocycles. The lowest BCUT2D eigenvalue weighted by molar-refractivity contribution is -0.00658. The fraction of sp³-hybridized carbons (Fsp3) is 0.920. The van der Waals surface area contributed by atoms with E-state index < -0.39 is 5.67 Å². The zero-order valence-corrected chi connectivity index (χ0v) is 19.3. The molecule has 1 aliphatic rings. The molecule has 5 atom stereocenters. The van der Waals surface area contributed by atoms with Crippen molar-refractivity contribution in [2.75, 3.05) is 0 Å². The van der Waals surface area contributed by atoms with Crippen LogP contribution in [0.2, 0.25) is 0 Å². The van der Waals surface area contributed by atoms with Crippen molar-refractivity contribution in [2.45, 2.75) is 113 Å². The summed E-state index contributed by atoms with van der Waals surface area (Å²) in [5.41, 5.74) is 0.969. The van der Waals surface area contributed by atoms with E-state index in [9.17, 15) is 4.39 Å².